The highest BCUT2D eigenvalue weighted by Gasteiger charge is 2.45. The number of ether oxygens (including phenoxy) is 1. The van der Waals surface area contributed by atoms with Gasteiger partial charge in [-0.05, 0) is 43.0 Å². The van der Waals surface area contributed by atoms with E-state index < -0.39 is 17.6 Å². The number of halogens is 3. The van der Waals surface area contributed by atoms with Crippen molar-refractivity contribution in [2.75, 3.05) is 20.2 Å². The minimum Gasteiger partial charge on any atom is -0.497 e. The van der Waals surface area contributed by atoms with E-state index in [9.17, 15) is 18.0 Å². The molecule has 22 heavy (non-hydrogen) atoms. The molecule has 7 heteroatoms. The summed E-state index contributed by atoms with van der Waals surface area (Å²) in [6, 6.07) is 5.47. The van der Waals surface area contributed by atoms with Gasteiger partial charge >= 0.3 is 12.1 Å². The molecule has 2 N–H and O–H groups in total. The predicted octanol–water partition coefficient (Wildman–Crippen LogP) is 2.34. The largest absolute Gasteiger partial charge is 0.497 e. The highest BCUT2D eigenvalue weighted by molar-refractivity contribution is 5.82. The number of alkyl halides is 3. The summed E-state index contributed by atoms with van der Waals surface area (Å²) < 4.78 is 42.5. The van der Waals surface area contributed by atoms with E-state index in [0.29, 0.717) is 18.6 Å². The number of nitrogens with zero attached hydrogens (tertiary/aromatic N) is 1. The Balaban J connectivity index is 2.14. The van der Waals surface area contributed by atoms with Crippen LogP contribution in [0.15, 0.2) is 18.2 Å². The molecule has 0 unspecified atom stereocenters. The molecule has 0 saturated carbocycles. The van der Waals surface area contributed by atoms with E-state index in [1.165, 1.54) is 0 Å². The first-order valence-corrected chi connectivity index (χ1v) is 6.97. The Labute approximate surface area is 127 Å². The summed E-state index contributed by atoms with van der Waals surface area (Å²) in [6.45, 7) is 1.89. The third-order valence-electron chi connectivity index (χ3n) is 4.16. The lowest BCUT2D eigenvalue weighted by Gasteiger charge is -2.40. The molecule has 1 heterocycles. The molecule has 122 valence electrons. The Bertz CT molecular complexity index is 564. The van der Waals surface area contributed by atoms with Crippen LogP contribution < -0.4 is 10.5 Å². The number of carbonyl (C=O) groups excluding carboxylic acids is 1. The van der Waals surface area contributed by atoms with Crippen molar-refractivity contribution in [3.63, 3.8) is 0 Å². The molecule has 2 rings (SSSR count). The number of carbonyl (C=O) groups is 1. The smallest absolute Gasteiger partial charge is 0.471 e. The van der Waals surface area contributed by atoms with Gasteiger partial charge in [0.2, 0.25) is 0 Å². The number of hydrogen-bond acceptors (Lipinski definition) is 3. The highest BCUT2D eigenvalue weighted by Crippen LogP contribution is 2.35. The maximum absolute atomic E-state index is 12.5. The Morgan fingerprint density at radius 1 is 1.32 bits per heavy atom. The average Bonchev–Trinajstić information content (AvgIpc) is 2.46. The van der Waals surface area contributed by atoms with Crippen molar-refractivity contribution in [1.29, 1.82) is 0 Å². The molecule has 1 amide bonds. The molecule has 1 fully saturated rings. The highest BCUT2D eigenvalue weighted by atomic mass is 19.4. The molecule has 0 atom stereocenters. The summed E-state index contributed by atoms with van der Waals surface area (Å²) in [4.78, 5) is 12.1. The van der Waals surface area contributed by atoms with Crippen molar-refractivity contribution in [2.45, 2.75) is 31.5 Å². The molecule has 1 aliphatic rings. The number of benzene rings is 1. The molecule has 1 aliphatic heterocycles. The van der Waals surface area contributed by atoms with E-state index in [1.54, 1.807) is 13.2 Å². The van der Waals surface area contributed by atoms with Gasteiger partial charge < -0.3 is 15.4 Å². The minimum absolute atomic E-state index is 0.000310. The summed E-state index contributed by atoms with van der Waals surface area (Å²) in [6.07, 6.45) is -4.24. The molecule has 1 aromatic carbocycles. The van der Waals surface area contributed by atoms with Crippen molar-refractivity contribution in [3.8, 4) is 5.75 Å². The normalized spacial score (nSPS) is 18.2. The summed E-state index contributed by atoms with van der Waals surface area (Å²) in [5.41, 5.74) is 7.47. The average molecular weight is 316 g/mol. The number of nitrogens with two attached hydrogens (primary N) is 1. The van der Waals surface area contributed by atoms with Crippen molar-refractivity contribution in [2.24, 2.45) is 5.73 Å². The fourth-order valence-corrected chi connectivity index (χ4v) is 2.88. The van der Waals surface area contributed by atoms with Crippen LogP contribution in [-0.4, -0.2) is 37.2 Å². The summed E-state index contributed by atoms with van der Waals surface area (Å²) in [5, 5.41) is 0. The van der Waals surface area contributed by atoms with Crippen LogP contribution in [0.2, 0.25) is 0 Å². The van der Waals surface area contributed by atoms with Crippen LogP contribution >= 0.6 is 0 Å². The zero-order chi connectivity index (χ0) is 16.5. The Morgan fingerprint density at radius 2 is 1.91 bits per heavy atom. The molecule has 0 aromatic heterocycles. The number of likely N-dealkylation sites (tertiary alicyclic amines) is 1. The van der Waals surface area contributed by atoms with Gasteiger partial charge in [0, 0.05) is 18.6 Å². The molecule has 0 bridgehead atoms. The van der Waals surface area contributed by atoms with Gasteiger partial charge in [0.1, 0.15) is 5.75 Å². The fourth-order valence-electron chi connectivity index (χ4n) is 2.88. The molecule has 0 radical (unpaired) electrons. The second kappa shape index (κ2) is 5.79. The number of methoxy groups -OCH3 is 1. The maximum atomic E-state index is 12.5. The van der Waals surface area contributed by atoms with Gasteiger partial charge in [-0.1, -0.05) is 6.07 Å². The van der Waals surface area contributed by atoms with Gasteiger partial charge in [-0.25, -0.2) is 0 Å². The molecule has 1 aromatic rings. The number of rotatable bonds is 2. The summed E-state index contributed by atoms with van der Waals surface area (Å²) in [5.74, 6) is -1.09. The monoisotopic (exact) mass is 316 g/mol. The molecule has 0 aliphatic carbocycles. The Kier molecular flexibility index (Phi) is 4.37. The van der Waals surface area contributed by atoms with E-state index in [-0.39, 0.29) is 13.1 Å². The zero-order valence-electron chi connectivity index (χ0n) is 12.5. The van der Waals surface area contributed by atoms with E-state index in [1.807, 2.05) is 19.1 Å². The SMILES string of the molecule is COc1ccc(C2(N)CCN(C(=O)C(F)(F)F)CC2)c(C)c1. The van der Waals surface area contributed by atoms with Crippen LogP contribution in [0.5, 0.6) is 5.75 Å². The van der Waals surface area contributed by atoms with E-state index >= 15 is 0 Å². The molecular weight excluding hydrogens is 297 g/mol. The second-order valence-electron chi connectivity index (χ2n) is 5.63. The lowest BCUT2D eigenvalue weighted by molar-refractivity contribution is -0.186. The summed E-state index contributed by atoms with van der Waals surface area (Å²) >= 11 is 0. The first-order valence-electron chi connectivity index (χ1n) is 6.97. The third-order valence-corrected chi connectivity index (χ3v) is 4.16. The van der Waals surface area contributed by atoms with Crippen LogP contribution in [0.3, 0.4) is 0 Å². The van der Waals surface area contributed by atoms with Gasteiger partial charge in [-0.2, -0.15) is 13.2 Å². The lowest BCUT2D eigenvalue weighted by atomic mass is 9.80. The molecule has 4 nitrogen and oxygen atoms in total. The lowest BCUT2D eigenvalue weighted by Crippen LogP contribution is -2.52. The van der Waals surface area contributed by atoms with Gasteiger partial charge in [-0.15, -0.1) is 0 Å². The minimum atomic E-state index is -4.83. The van der Waals surface area contributed by atoms with Crippen LogP contribution in [0.1, 0.15) is 24.0 Å². The molecule has 1 saturated heterocycles. The van der Waals surface area contributed by atoms with Crippen molar-refractivity contribution in [1.82, 2.24) is 4.90 Å². The van der Waals surface area contributed by atoms with E-state index in [2.05, 4.69) is 0 Å². The predicted molar refractivity (Wildman–Crippen MR) is 75.5 cm³/mol. The third kappa shape index (κ3) is 3.19. The number of hydrogen-bond donors (Lipinski definition) is 1. The number of piperidine rings is 1. The zero-order valence-corrected chi connectivity index (χ0v) is 12.5. The summed E-state index contributed by atoms with van der Waals surface area (Å²) in [7, 11) is 1.56. The van der Waals surface area contributed by atoms with Crippen molar-refractivity contribution in [3.05, 3.63) is 29.3 Å². The Morgan fingerprint density at radius 3 is 2.36 bits per heavy atom. The van der Waals surface area contributed by atoms with E-state index in [0.717, 1.165) is 16.0 Å². The van der Waals surface area contributed by atoms with Crippen molar-refractivity contribution < 1.29 is 22.7 Å². The first-order chi connectivity index (χ1) is 10.2. The number of aryl methyl sites for hydroxylation is 1. The second-order valence-corrected chi connectivity index (χ2v) is 5.63. The maximum Gasteiger partial charge on any atom is 0.471 e. The van der Waals surface area contributed by atoms with Crippen LogP contribution in [0, 0.1) is 6.92 Å². The quantitative estimate of drug-likeness (QED) is 0.911. The topological polar surface area (TPSA) is 55.6 Å². The van der Waals surface area contributed by atoms with E-state index in [4.69, 9.17) is 10.5 Å². The Hall–Kier alpha value is -1.76. The van der Waals surface area contributed by atoms with Gasteiger partial charge in [-0.3, -0.25) is 4.79 Å². The van der Waals surface area contributed by atoms with Crippen LogP contribution in [0.25, 0.3) is 0 Å². The molecular formula is C15H19F3N2O2. The number of amides is 1. The fraction of sp³-hybridized carbons (Fsp3) is 0.533. The van der Waals surface area contributed by atoms with Crippen molar-refractivity contribution >= 4 is 5.91 Å². The van der Waals surface area contributed by atoms with Gasteiger partial charge in [0.25, 0.3) is 0 Å². The van der Waals surface area contributed by atoms with Gasteiger partial charge in [0.15, 0.2) is 0 Å². The van der Waals surface area contributed by atoms with Crippen LogP contribution in [-0.2, 0) is 10.3 Å². The van der Waals surface area contributed by atoms with Gasteiger partial charge in [0.05, 0.1) is 7.11 Å². The van der Waals surface area contributed by atoms with Crippen LogP contribution in [0.4, 0.5) is 13.2 Å². The first kappa shape index (κ1) is 16.6. The molecule has 0 spiro atoms. The standard InChI is InChI=1S/C15H19F3N2O2/c1-10-9-11(22-2)3-4-12(10)14(19)5-7-20(8-6-14)13(21)15(16,17)18/h3-4,9H,5-8,19H2,1-2H3.